The van der Waals surface area contributed by atoms with Gasteiger partial charge in [0.15, 0.2) is 6.23 Å². The first-order valence-corrected chi connectivity index (χ1v) is 10.8. The van der Waals surface area contributed by atoms with Crippen molar-refractivity contribution in [1.82, 2.24) is 10.2 Å². The molecule has 1 atom stereocenters. The van der Waals surface area contributed by atoms with Gasteiger partial charge in [0, 0.05) is 30.8 Å². The summed E-state index contributed by atoms with van der Waals surface area (Å²) in [5, 5.41) is 26.3. The van der Waals surface area contributed by atoms with E-state index < -0.39 is 6.23 Å². The summed E-state index contributed by atoms with van der Waals surface area (Å²) < 4.78 is 0. The number of nitrogens with one attached hydrogen (secondary N) is 2. The van der Waals surface area contributed by atoms with Crippen molar-refractivity contribution in [2.75, 3.05) is 25.0 Å². The molecule has 0 bridgehead atoms. The third-order valence-corrected chi connectivity index (χ3v) is 5.66. The van der Waals surface area contributed by atoms with Crippen molar-refractivity contribution in [2.45, 2.75) is 19.2 Å². The van der Waals surface area contributed by atoms with Crippen LogP contribution in [0.5, 0.6) is 0 Å². The summed E-state index contributed by atoms with van der Waals surface area (Å²) >= 11 is 0. The fourth-order valence-corrected chi connectivity index (χ4v) is 3.89. The van der Waals surface area contributed by atoms with Crippen LogP contribution in [0.2, 0.25) is 0 Å². The van der Waals surface area contributed by atoms with Crippen molar-refractivity contribution in [1.29, 1.82) is 5.26 Å². The Morgan fingerprint density at radius 1 is 0.906 bits per heavy atom. The molecule has 1 unspecified atom stereocenters. The molecule has 0 saturated carbocycles. The van der Waals surface area contributed by atoms with E-state index in [9.17, 15) is 9.90 Å². The molecule has 3 aromatic carbocycles. The third-order valence-electron chi connectivity index (χ3n) is 5.66. The number of aliphatic hydroxyl groups excluding tert-OH is 1. The smallest absolute Gasteiger partial charge is 0.256 e. The Morgan fingerprint density at radius 2 is 1.62 bits per heavy atom. The van der Waals surface area contributed by atoms with Crippen molar-refractivity contribution in [3.8, 4) is 6.07 Å². The van der Waals surface area contributed by atoms with Crippen molar-refractivity contribution in [3.63, 3.8) is 0 Å². The maximum Gasteiger partial charge on any atom is 0.256 e. The number of hydrogen-bond acceptors (Lipinski definition) is 5. The molecular weight excluding hydrogens is 400 g/mol. The molecule has 162 valence electrons. The molecule has 0 spiro atoms. The van der Waals surface area contributed by atoms with Gasteiger partial charge in [0.05, 0.1) is 11.3 Å². The van der Waals surface area contributed by atoms with E-state index >= 15 is 0 Å². The molecule has 1 aliphatic rings. The van der Waals surface area contributed by atoms with E-state index in [1.807, 2.05) is 42.5 Å². The van der Waals surface area contributed by atoms with Gasteiger partial charge in [-0.05, 0) is 42.3 Å². The largest absolute Gasteiger partial charge is 0.383 e. The molecule has 1 aliphatic heterocycles. The fourth-order valence-electron chi connectivity index (χ4n) is 3.89. The molecule has 32 heavy (non-hydrogen) atoms. The lowest BCUT2D eigenvalue weighted by atomic mass is 10.1. The van der Waals surface area contributed by atoms with Gasteiger partial charge in [-0.2, -0.15) is 5.26 Å². The van der Waals surface area contributed by atoms with E-state index in [1.165, 1.54) is 10.5 Å². The highest BCUT2D eigenvalue weighted by Crippen LogP contribution is 2.32. The van der Waals surface area contributed by atoms with E-state index in [-0.39, 0.29) is 5.91 Å². The minimum atomic E-state index is -0.892. The van der Waals surface area contributed by atoms with Crippen LogP contribution in [0.15, 0.2) is 72.8 Å². The van der Waals surface area contributed by atoms with Gasteiger partial charge >= 0.3 is 0 Å². The topological polar surface area (TPSA) is 88.4 Å². The molecule has 0 fully saturated rings. The molecule has 3 N–H and O–H groups in total. The summed E-state index contributed by atoms with van der Waals surface area (Å²) in [6, 6.07) is 25.0. The Hall–Kier alpha value is -3.66. The van der Waals surface area contributed by atoms with E-state index in [0.717, 1.165) is 37.3 Å². The predicted molar refractivity (Wildman–Crippen MR) is 124 cm³/mol. The Kier molecular flexibility index (Phi) is 6.81. The molecule has 6 nitrogen and oxygen atoms in total. The van der Waals surface area contributed by atoms with Gasteiger partial charge in [-0.25, -0.2) is 0 Å². The fraction of sp³-hybridized carbons (Fsp3) is 0.231. The van der Waals surface area contributed by atoms with Crippen LogP contribution in [-0.2, 0) is 13.0 Å². The molecule has 0 radical (unpaired) electrons. The molecular formula is C26H26N4O2. The van der Waals surface area contributed by atoms with Crippen molar-refractivity contribution in [3.05, 3.63) is 101 Å². The Balaban J connectivity index is 1.20. The average molecular weight is 427 g/mol. The normalized spacial score (nSPS) is 14.8. The zero-order valence-corrected chi connectivity index (χ0v) is 17.8. The molecule has 3 aromatic rings. The third kappa shape index (κ3) is 4.80. The highest BCUT2D eigenvalue weighted by Gasteiger charge is 2.34. The first kappa shape index (κ1) is 21.6. The van der Waals surface area contributed by atoms with Gasteiger partial charge in [0.25, 0.3) is 5.91 Å². The zero-order chi connectivity index (χ0) is 22.3. The van der Waals surface area contributed by atoms with Gasteiger partial charge in [0.2, 0.25) is 0 Å². The summed E-state index contributed by atoms with van der Waals surface area (Å²) in [6.45, 7) is 2.77. The first-order chi connectivity index (χ1) is 15.7. The number of hydrogen-bond donors (Lipinski definition) is 3. The molecule has 0 aromatic heterocycles. The number of carbonyl (C=O) groups excluding carboxylic acids is 1. The second-order valence-corrected chi connectivity index (χ2v) is 7.79. The number of amides is 1. The minimum Gasteiger partial charge on any atom is -0.383 e. The van der Waals surface area contributed by atoms with Crippen LogP contribution < -0.4 is 10.6 Å². The quantitative estimate of drug-likeness (QED) is 0.456. The van der Waals surface area contributed by atoms with Crippen LogP contribution >= 0.6 is 0 Å². The number of rotatable bonds is 9. The lowest BCUT2D eigenvalue weighted by molar-refractivity contribution is 0.0137. The van der Waals surface area contributed by atoms with E-state index in [2.05, 4.69) is 28.8 Å². The average Bonchev–Trinajstić information content (AvgIpc) is 3.07. The number of carbonyl (C=O) groups is 1. The number of nitrogens with zero attached hydrogens (tertiary/aromatic N) is 2. The van der Waals surface area contributed by atoms with Crippen molar-refractivity contribution >= 4 is 11.6 Å². The zero-order valence-electron chi connectivity index (χ0n) is 17.8. The predicted octanol–water partition coefficient (Wildman–Crippen LogP) is 3.45. The summed E-state index contributed by atoms with van der Waals surface area (Å²) in [5.74, 6) is -0.132. The standard InChI is InChI=1S/C26H26N4O2/c27-17-21-5-1-4-8-24(21)29-16-15-28-14-13-19-9-11-20(12-10-19)18-30-25(31)22-6-2-3-7-23(22)26(30)32/h1-12,25,28-29,31H,13-16,18H2. The van der Waals surface area contributed by atoms with Gasteiger partial charge in [-0.3, -0.25) is 4.79 Å². The van der Waals surface area contributed by atoms with Crippen molar-refractivity contribution < 1.29 is 9.90 Å². The van der Waals surface area contributed by atoms with Gasteiger partial charge in [-0.15, -0.1) is 0 Å². The SMILES string of the molecule is N#Cc1ccccc1NCCNCCc1ccc(CN2C(=O)c3ccccc3C2O)cc1. The number of benzene rings is 3. The highest BCUT2D eigenvalue weighted by molar-refractivity contribution is 5.98. The van der Waals surface area contributed by atoms with Crippen LogP contribution in [-0.4, -0.2) is 35.5 Å². The van der Waals surface area contributed by atoms with E-state index in [4.69, 9.17) is 5.26 Å². The second-order valence-electron chi connectivity index (χ2n) is 7.79. The van der Waals surface area contributed by atoms with Gasteiger partial charge in [0.1, 0.15) is 6.07 Å². The lowest BCUT2D eigenvalue weighted by Crippen LogP contribution is -2.27. The molecule has 4 rings (SSSR count). The Morgan fingerprint density at radius 3 is 2.41 bits per heavy atom. The number of anilines is 1. The van der Waals surface area contributed by atoms with Crippen molar-refractivity contribution in [2.24, 2.45) is 0 Å². The minimum absolute atomic E-state index is 0.132. The molecule has 0 aliphatic carbocycles. The second kappa shape index (κ2) is 10.1. The van der Waals surface area contributed by atoms with Crippen LogP contribution in [0.25, 0.3) is 0 Å². The summed E-state index contributed by atoms with van der Waals surface area (Å²) in [6.07, 6.45) is 0.00231. The summed E-state index contributed by atoms with van der Waals surface area (Å²) in [4.78, 5) is 14.1. The number of fused-ring (bicyclic) bond motifs is 1. The molecule has 0 saturated heterocycles. The number of para-hydroxylation sites is 1. The van der Waals surface area contributed by atoms with E-state index in [1.54, 1.807) is 18.2 Å². The van der Waals surface area contributed by atoms with Gasteiger partial charge in [-0.1, -0.05) is 54.6 Å². The van der Waals surface area contributed by atoms with Crippen LogP contribution in [0, 0.1) is 11.3 Å². The number of aliphatic hydroxyl groups is 1. The van der Waals surface area contributed by atoms with Crippen LogP contribution in [0.4, 0.5) is 5.69 Å². The van der Waals surface area contributed by atoms with Crippen LogP contribution in [0.1, 0.15) is 38.8 Å². The summed E-state index contributed by atoms with van der Waals surface area (Å²) in [5.41, 5.74) is 4.96. The molecule has 1 heterocycles. The van der Waals surface area contributed by atoms with Gasteiger partial charge < -0.3 is 20.6 Å². The lowest BCUT2D eigenvalue weighted by Gasteiger charge is -2.21. The van der Waals surface area contributed by atoms with Crippen LogP contribution in [0.3, 0.4) is 0 Å². The maximum atomic E-state index is 12.6. The monoisotopic (exact) mass is 426 g/mol. The molecule has 1 amide bonds. The summed E-state index contributed by atoms with van der Waals surface area (Å²) in [7, 11) is 0. The maximum absolute atomic E-state index is 12.6. The Labute approximate surface area is 188 Å². The first-order valence-electron chi connectivity index (χ1n) is 10.8. The number of nitriles is 1. The highest BCUT2D eigenvalue weighted by atomic mass is 16.3. The molecule has 6 heteroatoms. The Bertz CT molecular complexity index is 1120. The van der Waals surface area contributed by atoms with E-state index in [0.29, 0.717) is 23.2 Å².